The molecule has 0 aliphatic carbocycles. The molecule has 0 bridgehead atoms. The summed E-state index contributed by atoms with van der Waals surface area (Å²) in [5, 5.41) is 14.3. The van der Waals surface area contributed by atoms with Gasteiger partial charge in [0.1, 0.15) is 12.6 Å². The second-order valence-electron chi connectivity index (χ2n) is 6.90. The first-order chi connectivity index (χ1) is 14.3. The molecule has 1 heterocycles. The van der Waals surface area contributed by atoms with Gasteiger partial charge in [0.25, 0.3) is 5.91 Å². The Hall–Kier alpha value is -3.14. The number of carbonyl (C=O) groups excluding carboxylic acids is 3. The number of piperidine rings is 1. The predicted molar refractivity (Wildman–Crippen MR) is 108 cm³/mol. The Morgan fingerprint density at radius 2 is 1.83 bits per heavy atom. The van der Waals surface area contributed by atoms with Gasteiger partial charge in [-0.25, -0.2) is 4.79 Å². The van der Waals surface area contributed by atoms with E-state index in [0.29, 0.717) is 43.7 Å². The highest BCUT2D eigenvalue weighted by molar-refractivity contribution is 6.00. The zero-order valence-electron chi connectivity index (χ0n) is 17.2. The number of benzene rings is 1. The molecule has 0 saturated carbocycles. The fourth-order valence-corrected chi connectivity index (χ4v) is 3.10. The number of ether oxygens (including phenoxy) is 2. The van der Waals surface area contributed by atoms with Crippen LogP contribution in [-0.2, 0) is 19.1 Å². The molecule has 0 aromatic heterocycles. The van der Waals surface area contributed by atoms with E-state index in [1.54, 1.807) is 30.9 Å². The van der Waals surface area contributed by atoms with Gasteiger partial charge in [-0.05, 0) is 38.8 Å². The lowest BCUT2D eigenvalue weighted by molar-refractivity contribution is -0.152. The summed E-state index contributed by atoms with van der Waals surface area (Å²) in [7, 11) is 0. The van der Waals surface area contributed by atoms with Crippen LogP contribution >= 0.6 is 0 Å². The lowest BCUT2D eigenvalue weighted by Gasteiger charge is -2.33. The average Bonchev–Trinajstić information content (AvgIpc) is 2.77. The van der Waals surface area contributed by atoms with Crippen LogP contribution in [0, 0.1) is 0 Å². The molecule has 0 radical (unpaired) electrons. The highest BCUT2D eigenvalue weighted by Gasteiger charge is 2.27. The van der Waals surface area contributed by atoms with Crippen LogP contribution in [-0.4, -0.2) is 72.2 Å². The maximum absolute atomic E-state index is 12.6. The van der Waals surface area contributed by atoms with Crippen molar-refractivity contribution >= 4 is 23.6 Å². The molecule has 30 heavy (non-hydrogen) atoms. The van der Waals surface area contributed by atoms with Crippen molar-refractivity contribution in [2.45, 2.75) is 38.8 Å². The predicted octanol–water partition coefficient (Wildman–Crippen LogP) is 0.470. The minimum atomic E-state index is -0.696. The quantitative estimate of drug-likeness (QED) is 0.182. The summed E-state index contributed by atoms with van der Waals surface area (Å²) in [5.74, 6) is -1.03. The number of oxime groups is 1. The number of carbonyl (C=O) groups is 3. The standard InChI is InChI=1S/C20H28N4O6/c1-3-29-17(25)12-30-16-8-10-24(11-9-16)20(27)13(2)22-19(26)15-6-4-14(5-7-15)18(21)23-28/h4-7,13,16,28H,3,8-12H2,1-2H3,(H2,21,23)(H,22,26). The van der Waals surface area contributed by atoms with Crippen molar-refractivity contribution < 1.29 is 29.1 Å². The monoisotopic (exact) mass is 420 g/mol. The van der Waals surface area contributed by atoms with Gasteiger partial charge in [-0.15, -0.1) is 0 Å². The molecule has 2 rings (SSSR count). The molecule has 1 atom stereocenters. The molecule has 1 aromatic carbocycles. The second-order valence-corrected chi connectivity index (χ2v) is 6.90. The van der Waals surface area contributed by atoms with E-state index in [9.17, 15) is 14.4 Å². The third-order valence-corrected chi connectivity index (χ3v) is 4.76. The maximum atomic E-state index is 12.6. The van der Waals surface area contributed by atoms with Crippen LogP contribution in [0.4, 0.5) is 0 Å². The lowest BCUT2D eigenvalue weighted by atomic mass is 10.1. The fraction of sp³-hybridized carbons (Fsp3) is 0.500. The molecular formula is C20H28N4O6. The van der Waals surface area contributed by atoms with Gasteiger partial charge in [0.15, 0.2) is 5.84 Å². The van der Waals surface area contributed by atoms with E-state index >= 15 is 0 Å². The highest BCUT2D eigenvalue weighted by Crippen LogP contribution is 2.15. The van der Waals surface area contributed by atoms with Gasteiger partial charge >= 0.3 is 5.97 Å². The molecule has 1 unspecified atom stereocenters. The normalized spacial score (nSPS) is 16.1. The summed E-state index contributed by atoms with van der Waals surface area (Å²) >= 11 is 0. The van der Waals surface area contributed by atoms with E-state index < -0.39 is 17.9 Å². The highest BCUT2D eigenvalue weighted by atomic mass is 16.6. The minimum Gasteiger partial charge on any atom is -0.464 e. The summed E-state index contributed by atoms with van der Waals surface area (Å²) < 4.78 is 10.4. The number of nitrogens with one attached hydrogen (secondary N) is 1. The second kappa shape index (κ2) is 11.1. The summed E-state index contributed by atoms with van der Waals surface area (Å²) in [6, 6.07) is 5.48. The van der Waals surface area contributed by atoms with Crippen LogP contribution in [0.3, 0.4) is 0 Å². The number of hydrogen-bond acceptors (Lipinski definition) is 7. The molecule has 1 aromatic rings. The van der Waals surface area contributed by atoms with E-state index in [0.717, 1.165) is 0 Å². The van der Waals surface area contributed by atoms with Crippen LogP contribution in [0.25, 0.3) is 0 Å². The van der Waals surface area contributed by atoms with E-state index in [1.807, 2.05) is 0 Å². The van der Waals surface area contributed by atoms with Gasteiger partial charge in [0, 0.05) is 24.2 Å². The molecule has 4 N–H and O–H groups in total. The van der Waals surface area contributed by atoms with E-state index in [2.05, 4.69) is 10.5 Å². The lowest BCUT2D eigenvalue weighted by Crippen LogP contribution is -2.50. The molecule has 164 valence electrons. The zero-order valence-corrected chi connectivity index (χ0v) is 17.2. The topological polar surface area (TPSA) is 144 Å². The Kier molecular flexibility index (Phi) is 8.60. The Morgan fingerprint density at radius 1 is 1.23 bits per heavy atom. The summed E-state index contributed by atoms with van der Waals surface area (Å²) in [6.45, 7) is 4.57. The molecule has 1 saturated heterocycles. The summed E-state index contributed by atoms with van der Waals surface area (Å²) in [6.07, 6.45) is 1.12. The molecule has 10 nitrogen and oxygen atoms in total. The van der Waals surface area contributed by atoms with Crippen molar-refractivity contribution in [1.29, 1.82) is 0 Å². The van der Waals surface area contributed by atoms with Crippen molar-refractivity contribution in [3.63, 3.8) is 0 Å². The maximum Gasteiger partial charge on any atom is 0.332 e. The van der Waals surface area contributed by atoms with Crippen LogP contribution in [0.2, 0.25) is 0 Å². The minimum absolute atomic E-state index is 0.0554. The molecule has 1 aliphatic heterocycles. The third kappa shape index (κ3) is 6.45. The first kappa shape index (κ1) is 23.1. The van der Waals surface area contributed by atoms with Crippen molar-refractivity contribution in [3.8, 4) is 0 Å². The van der Waals surface area contributed by atoms with Crippen LogP contribution < -0.4 is 11.1 Å². The van der Waals surface area contributed by atoms with Crippen molar-refractivity contribution in [2.75, 3.05) is 26.3 Å². The Balaban J connectivity index is 1.80. The largest absolute Gasteiger partial charge is 0.464 e. The van der Waals surface area contributed by atoms with Gasteiger partial charge in [-0.2, -0.15) is 0 Å². The number of hydrogen-bond donors (Lipinski definition) is 3. The molecule has 0 spiro atoms. The van der Waals surface area contributed by atoms with E-state index in [1.165, 1.54) is 12.1 Å². The Labute approximate surface area is 175 Å². The fourth-order valence-electron chi connectivity index (χ4n) is 3.10. The molecule has 1 fully saturated rings. The number of amidine groups is 1. The van der Waals surface area contributed by atoms with Crippen molar-refractivity contribution in [2.24, 2.45) is 10.9 Å². The number of nitrogens with two attached hydrogens (primary N) is 1. The molecular weight excluding hydrogens is 392 g/mol. The van der Waals surface area contributed by atoms with Gasteiger partial charge < -0.3 is 30.6 Å². The summed E-state index contributed by atoms with van der Waals surface area (Å²) in [4.78, 5) is 38.1. The van der Waals surface area contributed by atoms with E-state index in [4.69, 9.17) is 20.4 Å². The smallest absolute Gasteiger partial charge is 0.332 e. The van der Waals surface area contributed by atoms with Crippen LogP contribution in [0.15, 0.2) is 29.4 Å². The first-order valence-corrected chi connectivity index (χ1v) is 9.80. The SMILES string of the molecule is CCOC(=O)COC1CCN(C(=O)C(C)NC(=O)c2ccc(/C(N)=N/O)cc2)CC1. The number of amides is 2. The number of nitrogens with zero attached hydrogens (tertiary/aromatic N) is 2. The van der Waals surface area contributed by atoms with Gasteiger partial charge in [-0.1, -0.05) is 17.3 Å². The molecule has 1 aliphatic rings. The van der Waals surface area contributed by atoms with Gasteiger partial charge in [0.2, 0.25) is 5.91 Å². The first-order valence-electron chi connectivity index (χ1n) is 9.80. The summed E-state index contributed by atoms with van der Waals surface area (Å²) in [5.41, 5.74) is 6.33. The Bertz CT molecular complexity index is 772. The molecule has 10 heteroatoms. The average molecular weight is 420 g/mol. The van der Waals surface area contributed by atoms with Crippen molar-refractivity contribution in [3.05, 3.63) is 35.4 Å². The van der Waals surface area contributed by atoms with Crippen molar-refractivity contribution in [1.82, 2.24) is 10.2 Å². The Morgan fingerprint density at radius 3 is 2.40 bits per heavy atom. The van der Waals surface area contributed by atoms with Crippen LogP contribution in [0.1, 0.15) is 42.6 Å². The van der Waals surface area contributed by atoms with Crippen LogP contribution in [0.5, 0.6) is 0 Å². The number of rotatable bonds is 8. The number of esters is 1. The van der Waals surface area contributed by atoms with Gasteiger partial charge in [0.05, 0.1) is 12.7 Å². The number of likely N-dealkylation sites (tertiary alicyclic amines) is 1. The van der Waals surface area contributed by atoms with Gasteiger partial charge in [-0.3, -0.25) is 9.59 Å². The zero-order chi connectivity index (χ0) is 22.1. The third-order valence-electron chi connectivity index (χ3n) is 4.76. The van der Waals surface area contributed by atoms with E-state index in [-0.39, 0.29) is 24.5 Å². The molecule has 2 amide bonds.